The second-order valence-corrected chi connectivity index (χ2v) is 4.36. The summed E-state index contributed by atoms with van der Waals surface area (Å²) in [4.78, 5) is 17.5. The van der Waals surface area contributed by atoms with Gasteiger partial charge in [0.1, 0.15) is 0 Å². The molecule has 0 N–H and O–H groups in total. The lowest BCUT2D eigenvalue weighted by molar-refractivity contribution is -0.127. The van der Waals surface area contributed by atoms with E-state index in [2.05, 4.69) is 4.98 Å². The summed E-state index contributed by atoms with van der Waals surface area (Å²) >= 11 is 0. The molecule has 0 aliphatic carbocycles. The molecule has 0 fully saturated rings. The van der Waals surface area contributed by atoms with E-state index in [1.54, 1.807) is 25.2 Å². The average Bonchev–Trinajstić information content (AvgIpc) is 2.40. The van der Waals surface area contributed by atoms with Gasteiger partial charge in [-0.2, -0.15) is 0 Å². The van der Waals surface area contributed by atoms with Gasteiger partial charge in [0, 0.05) is 32.1 Å². The van der Waals surface area contributed by atoms with Crippen LogP contribution in [0.5, 0.6) is 0 Å². The molecule has 0 aliphatic rings. The number of amides is 1. The summed E-state index contributed by atoms with van der Waals surface area (Å²) in [6.45, 7) is 0. The van der Waals surface area contributed by atoms with Crippen LogP contribution in [-0.2, 0) is 11.2 Å². The molecular formula is C15H16N2O. The summed E-state index contributed by atoms with van der Waals surface area (Å²) in [6.07, 6.45) is 3.98. The van der Waals surface area contributed by atoms with Crippen molar-refractivity contribution in [1.82, 2.24) is 9.88 Å². The Hall–Kier alpha value is -2.16. The molecule has 0 saturated carbocycles. The van der Waals surface area contributed by atoms with Gasteiger partial charge in [-0.25, -0.2) is 0 Å². The van der Waals surface area contributed by atoms with E-state index in [0.29, 0.717) is 6.42 Å². The van der Waals surface area contributed by atoms with E-state index in [0.717, 1.165) is 16.7 Å². The Labute approximate surface area is 107 Å². The number of aromatic nitrogens is 1. The van der Waals surface area contributed by atoms with E-state index in [-0.39, 0.29) is 5.91 Å². The molecule has 0 spiro atoms. The van der Waals surface area contributed by atoms with Gasteiger partial charge < -0.3 is 4.90 Å². The first-order chi connectivity index (χ1) is 8.68. The molecule has 0 bridgehead atoms. The number of carbonyl (C=O) groups is 1. The number of hydrogen-bond donors (Lipinski definition) is 0. The van der Waals surface area contributed by atoms with E-state index >= 15 is 0 Å². The molecular weight excluding hydrogens is 224 g/mol. The minimum Gasteiger partial charge on any atom is -0.349 e. The van der Waals surface area contributed by atoms with Crippen molar-refractivity contribution >= 4 is 5.91 Å². The maximum atomic E-state index is 11.8. The van der Waals surface area contributed by atoms with Crippen molar-refractivity contribution < 1.29 is 4.79 Å². The van der Waals surface area contributed by atoms with Crippen LogP contribution in [0, 0.1) is 0 Å². The van der Waals surface area contributed by atoms with Crippen LogP contribution < -0.4 is 0 Å². The van der Waals surface area contributed by atoms with Crippen molar-refractivity contribution in [3.8, 4) is 11.1 Å². The summed E-state index contributed by atoms with van der Waals surface area (Å²) in [5.74, 6) is 0.103. The Morgan fingerprint density at radius 1 is 1.17 bits per heavy atom. The zero-order chi connectivity index (χ0) is 13.0. The van der Waals surface area contributed by atoms with Crippen molar-refractivity contribution in [2.45, 2.75) is 6.42 Å². The van der Waals surface area contributed by atoms with E-state index in [9.17, 15) is 4.79 Å². The molecule has 1 heterocycles. The van der Waals surface area contributed by atoms with E-state index in [1.807, 2.05) is 42.6 Å². The maximum absolute atomic E-state index is 11.8. The fourth-order valence-corrected chi connectivity index (χ4v) is 1.80. The van der Waals surface area contributed by atoms with Crippen molar-refractivity contribution in [2.75, 3.05) is 14.1 Å². The number of rotatable bonds is 3. The minimum absolute atomic E-state index is 0.103. The molecule has 1 amide bonds. The molecule has 1 aromatic carbocycles. The van der Waals surface area contributed by atoms with Gasteiger partial charge in [0.2, 0.25) is 5.91 Å². The second-order valence-electron chi connectivity index (χ2n) is 4.36. The van der Waals surface area contributed by atoms with Crippen molar-refractivity contribution in [3.63, 3.8) is 0 Å². The lowest BCUT2D eigenvalue weighted by atomic mass is 9.98. The lowest BCUT2D eigenvalue weighted by Gasteiger charge is -2.13. The van der Waals surface area contributed by atoms with Crippen molar-refractivity contribution in [2.24, 2.45) is 0 Å². The fraction of sp³-hybridized carbons (Fsp3) is 0.200. The van der Waals surface area contributed by atoms with Gasteiger partial charge in [-0.1, -0.05) is 30.3 Å². The molecule has 3 nitrogen and oxygen atoms in total. The molecule has 92 valence electrons. The van der Waals surface area contributed by atoms with Crippen LogP contribution in [0.1, 0.15) is 5.56 Å². The van der Waals surface area contributed by atoms with E-state index in [1.165, 1.54) is 0 Å². The van der Waals surface area contributed by atoms with Crippen LogP contribution in [0.25, 0.3) is 11.1 Å². The van der Waals surface area contributed by atoms with Crippen LogP contribution in [0.2, 0.25) is 0 Å². The largest absolute Gasteiger partial charge is 0.349 e. The van der Waals surface area contributed by atoms with Gasteiger partial charge in [-0.3, -0.25) is 9.78 Å². The summed E-state index contributed by atoms with van der Waals surface area (Å²) in [5, 5.41) is 0. The molecule has 2 aromatic rings. The number of hydrogen-bond acceptors (Lipinski definition) is 2. The third-order valence-electron chi connectivity index (χ3n) is 2.83. The van der Waals surface area contributed by atoms with Gasteiger partial charge >= 0.3 is 0 Å². The monoisotopic (exact) mass is 240 g/mol. The van der Waals surface area contributed by atoms with Crippen LogP contribution >= 0.6 is 0 Å². The minimum atomic E-state index is 0.103. The molecule has 0 unspecified atom stereocenters. The number of likely N-dealkylation sites (N-methyl/N-ethyl adjacent to an activating group) is 1. The third-order valence-corrected chi connectivity index (χ3v) is 2.83. The Morgan fingerprint density at radius 2 is 1.94 bits per heavy atom. The van der Waals surface area contributed by atoms with Crippen LogP contribution in [0.4, 0.5) is 0 Å². The van der Waals surface area contributed by atoms with E-state index < -0.39 is 0 Å². The number of benzene rings is 1. The van der Waals surface area contributed by atoms with E-state index in [4.69, 9.17) is 0 Å². The van der Waals surface area contributed by atoms with Gasteiger partial charge in [0.25, 0.3) is 0 Å². The Kier molecular flexibility index (Phi) is 3.72. The molecule has 0 aliphatic heterocycles. The highest BCUT2D eigenvalue weighted by Crippen LogP contribution is 2.23. The molecule has 0 atom stereocenters. The summed E-state index contributed by atoms with van der Waals surface area (Å²) < 4.78 is 0. The SMILES string of the molecule is CN(C)C(=O)Cc1ccccc1-c1cccnc1. The highest BCUT2D eigenvalue weighted by molar-refractivity contribution is 5.81. The fourth-order valence-electron chi connectivity index (χ4n) is 1.80. The smallest absolute Gasteiger partial charge is 0.226 e. The molecule has 18 heavy (non-hydrogen) atoms. The first kappa shape index (κ1) is 12.3. The Balaban J connectivity index is 2.35. The first-order valence-corrected chi connectivity index (χ1v) is 5.87. The molecule has 0 saturated heterocycles. The number of carbonyl (C=O) groups excluding carboxylic acids is 1. The maximum Gasteiger partial charge on any atom is 0.226 e. The van der Waals surface area contributed by atoms with Gasteiger partial charge in [0.15, 0.2) is 0 Å². The van der Waals surface area contributed by atoms with Gasteiger partial charge in [-0.15, -0.1) is 0 Å². The van der Waals surface area contributed by atoms with Crippen molar-refractivity contribution in [1.29, 1.82) is 0 Å². The summed E-state index contributed by atoms with van der Waals surface area (Å²) in [6, 6.07) is 11.9. The second kappa shape index (κ2) is 5.45. The number of pyridine rings is 1. The standard InChI is InChI=1S/C15H16N2O/c1-17(2)15(18)10-12-6-3-4-8-14(12)13-7-5-9-16-11-13/h3-9,11H,10H2,1-2H3. The molecule has 1 aromatic heterocycles. The highest BCUT2D eigenvalue weighted by atomic mass is 16.2. The molecule has 3 heteroatoms. The number of nitrogens with zero attached hydrogens (tertiary/aromatic N) is 2. The Morgan fingerprint density at radius 3 is 2.61 bits per heavy atom. The highest BCUT2D eigenvalue weighted by Gasteiger charge is 2.10. The van der Waals surface area contributed by atoms with Crippen LogP contribution in [-0.4, -0.2) is 29.9 Å². The summed E-state index contributed by atoms with van der Waals surface area (Å²) in [5.41, 5.74) is 3.14. The van der Waals surface area contributed by atoms with Crippen molar-refractivity contribution in [3.05, 3.63) is 54.4 Å². The third kappa shape index (κ3) is 2.74. The quantitative estimate of drug-likeness (QED) is 0.825. The lowest BCUT2D eigenvalue weighted by Crippen LogP contribution is -2.23. The van der Waals surface area contributed by atoms with Gasteiger partial charge in [-0.05, 0) is 17.2 Å². The normalized spacial score (nSPS) is 10.1. The average molecular weight is 240 g/mol. The zero-order valence-corrected chi connectivity index (χ0v) is 10.6. The predicted octanol–water partition coefficient (Wildman–Crippen LogP) is 2.38. The topological polar surface area (TPSA) is 33.2 Å². The predicted molar refractivity (Wildman–Crippen MR) is 72.1 cm³/mol. The summed E-state index contributed by atoms with van der Waals surface area (Å²) in [7, 11) is 3.55. The molecule has 2 rings (SSSR count). The van der Waals surface area contributed by atoms with Crippen LogP contribution in [0.3, 0.4) is 0 Å². The molecule has 0 radical (unpaired) electrons. The Bertz CT molecular complexity index is 535. The zero-order valence-electron chi connectivity index (χ0n) is 10.6. The first-order valence-electron chi connectivity index (χ1n) is 5.87. The van der Waals surface area contributed by atoms with Gasteiger partial charge in [0.05, 0.1) is 6.42 Å². The van der Waals surface area contributed by atoms with Crippen LogP contribution in [0.15, 0.2) is 48.8 Å².